The zero-order valence-electron chi connectivity index (χ0n) is 28.7. The Kier molecular flexibility index (Phi) is 6.76. The molecule has 0 saturated carbocycles. The predicted molar refractivity (Wildman–Crippen MR) is 227 cm³/mol. The van der Waals surface area contributed by atoms with Crippen LogP contribution in [0.15, 0.2) is 192 Å². The van der Waals surface area contributed by atoms with Gasteiger partial charge in [0, 0.05) is 32.1 Å². The standard InChI is InChI=1S/C50H31NOS/c1-3-12-35-30-37(22-20-32(35)10-1)34-24-26-39(27-25-34)51(44-16-9-18-46-48(44)43-15-5-7-17-45(43)52-46)49-40(38-23-21-33-11-2-4-13-36(33)31-38)28-29-42-41-14-6-8-19-47(41)53-50(42)49/h1-31H. The first kappa shape index (κ1) is 30.0. The summed E-state index contributed by atoms with van der Waals surface area (Å²) in [7, 11) is 0. The van der Waals surface area contributed by atoms with Crippen LogP contribution in [0, 0.1) is 0 Å². The minimum Gasteiger partial charge on any atom is -0.456 e. The largest absolute Gasteiger partial charge is 0.456 e. The number of anilines is 3. The van der Waals surface area contributed by atoms with Crippen LogP contribution in [0.1, 0.15) is 0 Å². The summed E-state index contributed by atoms with van der Waals surface area (Å²) in [5, 5.41) is 9.68. The molecule has 0 amide bonds. The lowest BCUT2D eigenvalue weighted by Crippen LogP contribution is -2.12. The number of hydrogen-bond acceptors (Lipinski definition) is 3. The van der Waals surface area contributed by atoms with Crippen molar-refractivity contribution < 1.29 is 4.42 Å². The summed E-state index contributed by atoms with van der Waals surface area (Å²) < 4.78 is 9.03. The predicted octanol–water partition coefficient (Wildman–Crippen LogP) is 15.1. The molecule has 0 aliphatic carbocycles. The van der Waals surface area contributed by atoms with Gasteiger partial charge < -0.3 is 9.32 Å². The molecule has 9 aromatic carbocycles. The normalized spacial score (nSPS) is 11.8. The Balaban J connectivity index is 1.22. The van der Waals surface area contributed by atoms with Crippen LogP contribution in [-0.4, -0.2) is 0 Å². The van der Waals surface area contributed by atoms with E-state index in [4.69, 9.17) is 4.42 Å². The van der Waals surface area contributed by atoms with Crippen molar-refractivity contribution in [2.24, 2.45) is 0 Å². The van der Waals surface area contributed by atoms with Crippen LogP contribution in [-0.2, 0) is 0 Å². The number of para-hydroxylation sites is 1. The molecule has 2 aromatic heterocycles. The van der Waals surface area contributed by atoms with Gasteiger partial charge in [0.25, 0.3) is 0 Å². The lowest BCUT2D eigenvalue weighted by atomic mass is 9.96. The van der Waals surface area contributed by atoms with Crippen LogP contribution in [0.5, 0.6) is 0 Å². The molecule has 2 heterocycles. The maximum absolute atomic E-state index is 6.50. The average molecular weight is 694 g/mol. The van der Waals surface area contributed by atoms with Crippen LogP contribution in [0.25, 0.3) is 85.9 Å². The summed E-state index contributed by atoms with van der Waals surface area (Å²) in [4.78, 5) is 2.48. The number of thiophene rings is 1. The van der Waals surface area contributed by atoms with E-state index in [0.29, 0.717) is 0 Å². The van der Waals surface area contributed by atoms with Crippen molar-refractivity contribution in [2.45, 2.75) is 0 Å². The second kappa shape index (κ2) is 11.9. The molecule has 11 aromatic rings. The van der Waals surface area contributed by atoms with Gasteiger partial charge >= 0.3 is 0 Å². The number of benzene rings is 9. The second-order valence-electron chi connectivity index (χ2n) is 13.7. The summed E-state index contributed by atoms with van der Waals surface area (Å²) in [6.07, 6.45) is 0. The Bertz CT molecular complexity index is 3190. The van der Waals surface area contributed by atoms with Gasteiger partial charge in [-0.15, -0.1) is 11.3 Å². The summed E-state index contributed by atoms with van der Waals surface area (Å²) in [5.41, 5.74) is 9.83. The summed E-state index contributed by atoms with van der Waals surface area (Å²) >= 11 is 1.87. The Morgan fingerprint density at radius 3 is 1.83 bits per heavy atom. The van der Waals surface area contributed by atoms with E-state index in [-0.39, 0.29) is 0 Å². The third kappa shape index (κ3) is 4.86. The molecule has 0 spiro atoms. The monoisotopic (exact) mass is 693 g/mol. The highest BCUT2D eigenvalue weighted by molar-refractivity contribution is 7.26. The highest BCUT2D eigenvalue weighted by atomic mass is 32.1. The van der Waals surface area contributed by atoms with Gasteiger partial charge in [0.1, 0.15) is 11.2 Å². The molecule has 0 aliphatic rings. The fraction of sp³-hybridized carbons (Fsp3) is 0. The van der Waals surface area contributed by atoms with Gasteiger partial charge in [-0.05, 0) is 86.8 Å². The van der Waals surface area contributed by atoms with Crippen molar-refractivity contribution >= 4 is 92.1 Å². The third-order valence-corrected chi connectivity index (χ3v) is 11.8. The van der Waals surface area contributed by atoms with Gasteiger partial charge in [0.05, 0.1) is 21.5 Å². The van der Waals surface area contributed by atoms with E-state index >= 15 is 0 Å². The van der Waals surface area contributed by atoms with Crippen LogP contribution < -0.4 is 4.90 Å². The molecule has 0 radical (unpaired) electrons. The molecular weight excluding hydrogens is 663 g/mol. The van der Waals surface area contributed by atoms with E-state index in [1.165, 1.54) is 64.0 Å². The van der Waals surface area contributed by atoms with Crippen molar-refractivity contribution in [3.05, 3.63) is 188 Å². The van der Waals surface area contributed by atoms with Crippen molar-refractivity contribution in [2.75, 3.05) is 4.90 Å². The molecule has 53 heavy (non-hydrogen) atoms. The lowest BCUT2D eigenvalue weighted by molar-refractivity contribution is 0.669. The van der Waals surface area contributed by atoms with Gasteiger partial charge in [-0.1, -0.05) is 140 Å². The van der Waals surface area contributed by atoms with Crippen molar-refractivity contribution in [3.8, 4) is 22.3 Å². The Hall–Kier alpha value is -6.68. The van der Waals surface area contributed by atoms with E-state index in [9.17, 15) is 0 Å². The number of furan rings is 1. The highest BCUT2D eigenvalue weighted by Gasteiger charge is 2.25. The molecule has 0 saturated heterocycles. The van der Waals surface area contributed by atoms with Gasteiger partial charge in [-0.3, -0.25) is 0 Å². The smallest absolute Gasteiger partial charge is 0.137 e. The molecule has 0 atom stereocenters. The van der Waals surface area contributed by atoms with Crippen LogP contribution in [0.4, 0.5) is 17.1 Å². The maximum atomic E-state index is 6.50. The number of fused-ring (bicyclic) bond motifs is 8. The Morgan fingerprint density at radius 1 is 0.415 bits per heavy atom. The molecule has 0 N–H and O–H groups in total. The molecule has 0 unspecified atom stereocenters. The Labute approximate surface area is 310 Å². The number of nitrogens with zero attached hydrogens (tertiary/aromatic N) is 1. The Morgan fingerprint density at radius 2 is 1.04 bits per heavy atom. The third-order valence-electron chi connectivity index (χ3n) is 10.6. The van der Waals surface area contributed by atoms with Gasteiger partial charge in [0.2, 0.25) is 0 Å². The molecule has 3 heteroatoms. The average Bonchev–Trinajstić information content (AvgIpc) is 3.80. The molecule has 2 nitrogen and oxygen atoms in total. The van der Waals surface area contributed by atoms with Gasteiger partial charge in [-0.25, -0.2) is 0 Å². The fourth-order valence-electron chi connectivity index (χ4n) is 8.09. The SMILES string of the molecule is c1ccc2cc(-c3ccc(N(c4c(-c5ccc6ccccc6c5)ccc5c4sc4ccccc45)c4cccc5oc6ccccc6c45)cc3)ccc2c1. The maximum Gasteiger partial charge on any atom is 0.137 e. The van der Waals surface area contributed by atoms with E-state index in [1.807, 2.05) is 17.4 Å². The molecule has 0 aliphatic heterocycles. The minimum atomic E-state index is 0.872. The zero-order chi connectivity index (χ0) is 34.9. The molecule has 0 bridgehead atoms. The van der Waals surface area contributed by atoms with Crippen molar-refractivity contribution in [1.29, 1.82) is 0 Å². The second-order valence-corrected chi connectivity index (χ2v) is 14.7. The summed E-state index contributed by atoms with van der Waals surface area (Å²) in [6, 6.07) is 68.1. The van der Waals surface area contributed by atoms with E-state index in [2.05, 4.69) is 187 Å². The van der Waals surface area contributed by atoms with Gasteiger partial charge in [-0.2, -0.15) is 0 Å². The first-order valence-corrected chi connectivity index (χ1v) is 18.8. The van der Waals surface area contributed by atoms with Crippen molar-refractivity contribution in [1.82, 2.24) is 0 Å². The lowest BCUT2D eigenvalue weighted by Gasteiger charge is -2.29. The van der Waals surface area contributed by atoms with E-state index in [1.54, 1.807) is 0 Å². The minimum absolute atomic E-state index is 0.872. The molecular formula is C50H31NOS. The summed E-state index contributed by atoms with van der Waals surface area (Å²) in [5.74, 6) is 0. The topological polar surface area (TPSA) is 16.4 Å². The van der Waals surface area contributed by atoms with Gasteiger partial charge in [0.15, 0.2) is 0 Å². The molecule has 248 valence electrons. The number of hydrogen-bond donors (Lipinski definition) is 0. The van der Waals surface area contributed by atoms with E-state index < -0.39 is 0 Å². The zero-order valence-corrected chi connectivity index (χ0v) is 29.5. The first-order chi connectivity index (χ1) is 26.3. The van der Waals surface area contributed by atoms with Crippen LogP contribution in [0.2, 0.25) is 0 Å². The number of rotatable bonds is 5. The summed E-state index contributed by atoms with van der Waals surface area (Å²) in [6.45, 7) is 0. The fourth-order valence-corrected chi connectivity index (χ4v) is 9.33. The molecule has 11 rings (SSSR count). The van der Waals surface area contributed by atoms with E-state index in [0.717, 1.165) is 39.0 Å². The van der Waals surface area contributed by atoms with Crippen molar-refractivity contribution in [3.63, 3.8) is 0 Å². The highest BCUT2D eigenvalue weighted by Crippen LogP contribution is 2.52. The van der Waals surface area contributed by atoms with Crippen LogP contribution >= 0.6 is 11.3 Å². The first-order valence-electron chi connectivity index (χ1n) is 18.0. The quantitative estimate of drug-likeness (QED) is 0.178. The van der Waals surface area contributed by atoms with Crippen LogP contribution in [0.3, 0.4) is 0 Å². The molecule has 0 fully saturated rings.